The van der Waals surface area contributed by atoms with Crippen molar-refractivity contribution in [2.45, 2.75) is 20.5 Å². The van der Waals surface area contributed by atoms with Crippen LogP contribution >= 0.6 is 15.9 Å². The highest BCUT2D eigenvalue weighted by Gasteiger charge is 2.11. The zero-order valence-electron chi connectivity index (χ0n) is 15.7. The smallest absolute Gasteiger partial charge is 0.175 e. The van der Waals surface area contributed by atoms with Gasteiger partial charge in [-0.3, -0.25) is 4.99 Å². The lowest BCUT2D eigenvalue weighted by Gasteiger charge is -2.13. The molecule has 0 heterocycles. The van der Waals surface area contributed by atoms with E-state index in [0.29, 0.717) is 18.1 Å². The van der Waals surface area contributed by atoms with Crippen molar-refractivity contribution in [1.29, 1.82) is 0 Å². The van der Waals surface area contributed by atoms with Gasteiger partial charge in [0.2, 0.25) is 0 Å². The number of ether oxygens (including phenoxy) is 2. The number of nitrogens with zero attached hydrogens (tertiary/aromatic N) is 1. The highest BCUT2D eigenvalue weighted by atomic mass is 79.9. The Morgan fingerprint density at radius 2 is 1.74 bits per heavy atom. The largest absolute Gasteiger partial charge is 0.493 e. The molecule has 0 aliphatic heterocycles. The van der Waals surface area contributed by atoms with Gasteiger partial charge >= 0.3 is 0 Å². The summed E-state index contributed by atoms with van der Waals surface area (Å²) in [5.74, 6) is 1.35. The highest BCUT2D eigenvalue weighted by molar-refractivity contribution is 9.10. The Balaban J connectivity index is 1.80. The molecule has 3 nitrogen and oxygen atoms in total. The van der Waals surface area contributed by atoms with Crippen molar-refractivity contribution in [3.05, 3.63) is 87.4 Å². The number of aryl methyl sites for hydroxylation is 2. The fourth-order valence-corrected chi connectivity index (χ4v) is 3.21. The van der Waals surface area contributed by atoms with E-state index in [4.69, 9.17) is 9.47 Å². The van der Waals surface area contributed by atoms with Gasteiger partial charge < -0.3 is 9.47 Å². The third-order valence-corrected chi connectivity index (χ3v) is 4.92. The second-order valence-electron chi connectivity index (χ2n) is 6.34. The maximum atomic E-state index is 5.98. The second kappa shape index (κ2) is 8.87. The van der Waals surface area contributed by atoms with E-state index in [9.17, 15) is 0 Å². The quantitative estimate of drug-likeness (QED) is 0.429. The second-order valence-corrected chi connectivity index (χ2v) is 7.19. The number of halogens is 1. The van der Waals surface area contributed by atoms with E-state index >= 15 is 0 Å². The van der Waals surface area contributed by atoms with Crippen molar-refractivity contribution >= 4 is 27.8 Å². The van der Waals surface area contributed by atoms with Crippen LogP contribution in [0.5, 0.6) is 11.5 Å². The molecule has 0 aliphatic carbocycles. The molecule has 0 saturated heterocycles. The first-order chi connectivity index (χ1) is 13.1. The molecule has 4 heteroatoms. The van der Waals surface area contributed by atoms with Crippen LogP contribution in [0, 0.1) is 13.8 Å². The molecule has 3 aromatic rings. The van der Waals surface area contributed by atoms with Crippen molar-refractivity contribution in [2.75, 3.05) is 7.11 Å². The minimum atomic E-state index is 0.478. The van der Waals surface area contributed by atoms with Crippen LogP contribution in [-0.2, 0) is 6.61 Å². The summed E-state index contributed by atoms with van der Waals surface area (Å²) in [6, 6.07) is 20.1. The van der Waals surface area contributed by atoms with Crippen molar-refractivity contribution in [3.8, 4) is 11.5 Å². The standard InChI is InChI=1S/C23H22BrNO2/c1-16-9-10-20(11-17(16)2)25-14-19-12-21(24)23(22(13-19)26-3)27-15-18-7-5-4-6-8-18/h4-14H,15H2,1-3H3. The van der Waals surface area contributed by atoms with Crippen LogP contribution in [0.1, 0.15) is 22.3 Å². The minimum Gasteiger partial charge on any atom is -0.493 e. The summed E-state index contributed by atoms with van der Waals surface area (Å²) in [6.45, 7) is 4.66. The molecule has 27 heavy (non-hydrogen) atoms. The first-order valence-electron chi connectivity index (χ1n) is 8.72. The van der Waals surface area contributed by atoms with Gasteiger partial charge in [0.1, 0.15) is 6.61 Å². The SMILES string of the molecule is COc1cc(C=Nc2ccc(C)c(C)c2)cc(Br)c1OCc1ccccc1. The minimum absolute atomic E-state index is 0.478. The summed E-state index contributed by atoms with van der Waals surface area (Å²) in [6.07, 6.45) is 1.83. The first-order valence-corrected chi connectivity index (χ1v) is 9.51. The van der Waals surface area contributed by atoms with Crippen molar-refractivity contribution in [1.82, 2.24) is 0 Å². The van der Waals surface area contributed by atoms with E-state index < -0.39 is 0 Å². The summed E-state index contributed by atoms with van der Waals surface area (Å²) < 4.78 is 12.3. The normalized spacial score (nSPS) is 11.0. The zero-order valence-corrected chi connectivity index (χ0v) is 17.3. The highest BCUT2D eigenvalue weighted by Crippen LogP contribution is 2.37. The van der Waals surface area contributed by atoms with Crippen LogP contribution in [0.15, 0.2) is 70.1 Å². The van der Waals surface area contributed by atoms with Gasteiger partial charge in [-0.25, -0.2) is 0 Å². The van der Waals surface area contributed by atoms with E-state index in [0.717, 1.165) is 21.3 Å². The average Bonchev–Trinajstić information content (AvgIpc) is 2.68. The van der Waals surface area contributed by atoms with Crippen molar-refractivity contribution in [2.24, 2.45) is 4.99 Å². The molecular formula is C23H22BrNO2. The molecule has 0 atom stereocenters. The Bertz CT molecular complexity index is 952. The first kappa shape index (κ1) is 19.2. The zero-order chi connectivity index (χ0) is 19.2. The Morgan fingerprint density at radius 3 is 2.44 bits per heavy atom. The number of benzene rings is 3. The third-order valence-electron chi connectivity index (χ3n) is 4.33. The van der Waals surface area contributed by atoms with E-state index in [1.54, 1.807) is 7.11 Å². The molecular weight excluding hydrogens is 402 g/mol. The molecule has 0 radical (unpaired) electrons. The molecule has 0 unspecified atom stereocenters. The number of hydrogen-bond acceptors (Lipinski definition) is 3. The Morgan fingerprint density at radius 1 is 0.963 bits per heavy atom. The van der Waals surface area contributed by atoms with Crippen molar-refractivity contribution < 1.29 is 9.47 Å². The molecule has 3 rings (SSSR count). The van der Waals surface area contributed by atoms with Gasteiger partial charge in [0, 0.05) is 6.21 Å². The number of methoxy groups -OCH3 is 1. The molecule has 138 valence electrons. The van der Waals surface area contributed by atoms with E-state index in [1.165, 1.54) is 11.1 Å². The molecule has 0 spiro atoms. The van der Waals surface area contributed by atoms with Crippen LogP contribution in [0.2, 0.25) is 0 Å². The molecule has 0 fully saturated rings. The fourth-order valence-electron chi connectivity index (χ4n) is 2.64. The molecule has 0 amide bonds. The van der Waals surface area contributed by atoms with Gasteiger partial charge in [-0.05, 0) is 76.3 Å². The lowest BCUT2D eigenvalue weighted by Crippen LogP contribution is -1.99. The van der Waals surface area contributed by atoms with Crippen LogP contribution in [0.4, 0.5) is 5.69 Å². The van der Waals surface area contributed by atoms with Crippen molar-refractivity contribution in [3.63, 3.8) is 0 Å². The van der Waals surface area contributed by atoms with Gasteiger partial charge in [-0.15, -0.1) is 0 Å². The van der Waals surface area contributed by atoms with Crippen LogP contribution in [0.25, 0.3) is 0 Å². The van der Waals surface area contributed by atoms with E-state index in [-0.39, 0.29) is 0 Å². The van der Waals surface area contributed by atoms with Gasteiger partial charge in [0.25, 0.3) is 0 Å². The van der Waals surface area contributed by atoms with Crippen LogP contribution in [0.3, 0.4) is 0 Å². The summed E-state index contributed by atoms with van der Waals surface area (Å²) in [7, 11) is 1.64. The average molecular weight is 424 g/mol. The molecule has 0 bridgehead atoms. The number of rotatable bonds is 6. The van der Waals surface area contributed by atoms with Gasteiger partial charge in [-0.1, -0.05) is 36.4 Å². The Labute approximate surface area is 168 Å². The summed E-state index contributed by atoms with van der Waals surface area (Å²) in [4.78, 5) is 4.58. The number of aliphatic imine (C=N–C) groups is 1. The van der Waals surface area contributed by atoms with Gasteiger partial charge in [0.05, 0.1) is 17.3 Å². The molecule has 0 aromatic heterocycles. The molecule has 0 saturated carbocycles. The van der Waals surface area contributed by atoms with Crippen LogP contribution in [-0.4, -0.2) is 13.3 Å². The predicted molar refractivity (Wildman–Crippen MR) is 115 cm³/mol. The Hall–Kier alpha value is -2.59. The van der Waals surface area contributed by atoms with E-state index in [2.05, 4.69) is 46.9 Å². The van der Waals surface area contributed by atoms with Gasteiger partial charge in [-0.2, -0.15) is 0 Å². The summed E-state index contributed by atoms with van der Waals surface area (Å²) >= 11 is 3.59. The van der Waals surface area contributed by atoms with Crippen LogP contribution < -0.4 is 9.47 Å². The maximum Gasteiger partial charge on any atom is 0.175 e. The fraction of sp³-hybridized carbons (Fsp3) is 0.174. The van der Waals surface area contributed by atoms with Gasteiger partial charge in [0.15, 0.2) is 11.5 Å². The van der Waals surface area contributed by atoms with E-state index in [1.807, 2.05) is 54.7 Å². The summed E-state index contributed by atoms with van der Waals surface area (Å²) in [5.41, 5.74) is 5.46. The molecule has 0 N–H and O–H groups in total. The number of hydrogen-bond donors (Lipinski definition) is 0. The topological polar surface area (TPSA) is 30.8 Å². The maximum absolute atomic E-state index is 5.98. The lowest BCUT2D eigenvalue weighted by molar-refractivity contribution is 0.282. The predicted octanol–water partition coefficient (Wildman–Crippen LogP) is 6.40. The summed E-state index contributed by atoms with van der Waals surface area (Å²) in [5, 5.41) is 0. The Kier molecular flexibility index (Phi) is 6.30. The molecule has 3 aromatic carbocycles. The monoisotopic (exact) mass is 423 g/mol. The molecule has 0 aliphatic rings. The third kappa shape index (κ3) is 4.98. The lowest BCUT2D eigenvalue weighted by atomic mass is 10.1.